The quantitative estimate of drug-likeness (QED) is 0.761. The highest BCUT2D eigenvalue weighted by Gasteiger charge is 2.27. The van der Waals surface area contributed by atoms with E-state index in [9.17, 15) is 9.90 Å². The zero-order chi connectivity index (χ0) is 14.6. The van der Waals surface area contributed by atoms with Crippen LogP contribution in [0.3, 0.4) is 0 Å². The van der Waals surface area contributed by atoms with Gasteiger partial charge >= 0.3 is 0 Å². The van der Waals surface area contributed by atoms with Crippen LogP contribution in [0.15, 0.2) is 24.3 Å². The van der Waals surface area contributed by atoms with Crippen LogP contribution in [0.1, 0.15) is 24.1 Å². The van der Waals surface area contributed by atoms with Crippen LogP contribution in [0.2, 0.25) is 0 Å². The lowest BCUT2D eigenvalue weighted by Crippen LogP contribution is -2.47. The predicted octanol–water partition coefficient (Wildman–Crippen LogP) is 1.10. The summed E-state index contributed by atoms with van der Waals surface area (Å²) < 4.78 is 0. The van der Waals surface area contributed by atoms with E-state index in [1.54, 1.807) is 18.7 Å². The highest BCUT2D eigenvalue weighted by atomic mass is 32.2. The molecule has 1 aliphatic rings. The molecule has 0 saturated carbocycles. The Labute approximate surface area is 124 Å². The Morgan fingerprint density at radius 1 is 1.55 bits per heavy atom. The molecule has 2 unspecified atom stereocenters. The SMILES string of the molecule is CSCC(C)(O)CNC(=O)C1NCCc2ccccc21. The van der Waals surface area contributed by atoms with Crippen molar-refractivity contribution in [3.05, 3.63) is 35.4 Å². The molecular formula is C15H22N2O2S. The monoisotopic (exact) mass is 294 g/mol. The summed E-state index contributed by atoms with van der Waals surface area (Å²) in [4.78, 5) is 12.3. The third-order valence-corrected chi connectivity index (χ3v) is 4.38. The van der Waals surface area contributed by atoms with E-state index in [1.807, 2.05) is 24.5 Å². The number of hydrogen-bond donors (Lipinski definition) is 3. The number of nitrogens with one attached hydrogen (secondary N) is 2. The smallest absolute Gasteiger partial charge is 0.241 e. The lowest BCUT2D eigenvalue weighted by atomic mass is 9.94. The first-order valence-electron chi connectivity index (χ1n) is 6.84. The molecule has 2 atom stereocenters. The van der Waals surface area contributed by atoms with Crippen LogP contribution in [0.4, 0.5) is 0 Å². The van der Waals surface area contributed by atoms with Gasteiger partial charge in [-0.15, -0.1) is 0 Å². The predicted molar refractivity (Wildman–Crippen MR) is 82.9 cm³/mol. The van der Waals surface area contributed by atoms with Crippen molar-refractivity contribution in [2.45, 2.75) is 25.0 Å². The van der Waals surface area contributed by atoms with Crippen LogP contribution < -0.4 is 10.6 Å². The Bertz CT molecular complexity index is 477. The maximum Gasteiger partial charge on any atom is 0.241 e. The molecule has 0 saturated heterocycles. The van der Waals surface area contributed by atoms with Gasteiger partial charge in [-0.05, 0) is 30.7 Å². The minimum absolute atomic E-state index is 0.0708. The van der Waals surface area contributed by atoms with Crippen molar-refractivity contribution >= 4 is 17.7 Å². The average molecular weight is 294 g/mol. The van der Waals surface area contributed by atoms with Crippen LogP contribution in [0.25, 0.3) is 0 Å². The molecule has 0 aromatic heterocycles. The molecule has 0 radical (unpaired) electrons. The van der Waals surface area contributed by atoms with Gasteiger partial charge in [0, 0.05) is 18.8 Å². The van der Waals surface area contributed by atoms with Crippen LogP contribution in [-0.2, 0) is 11.2 Å². The molecule has 0 spiro atoms. The fourth-order valence-electron chi connectivity index (χ4n) is 2.48. The van der Waals surface area contributed by atoms with Crippen LogP contribution in [0.5, 0.6) is 0 Å². The zero-order valence-corrected chi connectivity index (χ0v) is 12.8. The first kappa shape index (κ1) is 15.4. The Balaban J connectivity index is 2.01. The minimum Gasteiger partial charge on any atom is -0.387 e. The van der Waals surface area contributed by atoms with Crippen molar-refractivity contribution in [2.24, 2.45) is 0 Å². The van der Waals surface area contributed by atoms with E-state index in [4.69, 9.17) is 0 Å². The zero-order valence-electron chi connectivity index (χ0n) is 12.0. The van der Waals surface area contributed by atoms with Gasteiger partial charge in [-0.3, -0.25) is 4.79 Å². The van der Waals surface area contributed by atoms with Crippen molar-refractivity contribution < 1.29 is 9.90 Å². The molecule has 1 aromatic rings. The molecule has 5 heteroatoms. The standard InChI is InChI=1S/C15H22N2O2S/c1-15(19,10-20-2)9-17-14(18)13-12-6-4-3-5-11(12)7-8-16-13/h3-6,13,16,19H,7-10H2,1-2H3,(H,17,18). The third-order valence-electron chi connectivity index (χ3n) is 3.47. The fourth-order valence-corrected chi connectivity index (χ4v) is 3.20. The van der Waals surface area contributed by atoms with Gasteiger partial charge in [0.15, 0.2) is 0 Å². The van der Waals surface area contributed by atoms with Gasteiger partial charge in [0.1, 0.15) is 6.04 Å². The first-order chi connectivity index (χ1) is 9.53. The highest BCUT2D eigenvalue weighted by molar-refractivity contribution is 7.98. The van der Waals surface area contributed by atoms with Crippen LogP contribution in [0, 0.1) is 0 Å². The van der Waals surface area contributed by atoms with Gasteiger partial charge < -0.3 is 15.7 Å². The summed E-state index contributed by atoms with van der Waals surface area (Å²) in [5, 5.41) is 16.2. The molecule has 1 aromatic carbocycles. The summed E-state index contributed by atoms with van der Waals surface area (Å²) >= 11 is 1.57. The molecule has 0 fully saturated rings. The van der Waals surface area contributed by atoms with E-state index < -0.39 is 5.60 Å². The van der Waals surface area contributed by atoms with E-state index in [2.05, 4.69) is 16.7 Å². The van der Waals surface area contributed by atoms with Gasteiger partial charge in [-0.1, -0.05) is 24.3 Å². The maximum absolute atomic E-state index is 12.3. The van der Waals surface area contributed by atoms with Crippen molar-refractivity contribution in [3.8, 4) is 0 Å². The summed E-state index contributed by atoms with van der Waals surface area (Å²) in [6, 6.07) is 7.70. The maximum atomic E-state index is 12.3. The van der Waals surface area contributed by atoms with E-state index in [0.29, 0.717) is 5.75 Å². The second-order valence-corrected chi connectivity index (χ2v) is 6.35. The number of hydrogen-bond acceptors (Lipinski definition) is 4. The molecule has 1 aliphatic heterocycles. The number of fused-ring (bicyclic) bond motifs is 1. The van der Waals surface area contributed by atoms with Gasteiger partial charge in [-0.25, -0.2) is 0 Å². The molecule has 1 heterocycles. The van der Waals surface area contributed by atoms with E-state index in [-0.39, 0.29) is 18.5 Å². The Morgan fingerprint density at radius 3 is 3.05 bits per heavy atom. The van der Waals surface area contributed by atoms with E-state index >= 15 is 0 Å². The third kappa shape index (κ3) is 3.75. The van der Waals surface area contributed by atoms with E-state index in [1.165, 1.54) is 5.56 Å². The highest BCUT2D eigenvalue weighted by Crippen LogP contribution is 2.22. The van der Waals surface area contributed by atoms with Gasteiger partial charge in [0.2, 0.25) is 5.91 Å². The lowest BCUT2D eigenvalue weighted by Gasteiger charge is -2.28. The van der Waals surface area contributed by atoms with Crippen LogP contribution in [-0.4, -0.2) is 41.7 Å². The summed E-state index contributed by atoms with van der Waals surface area (Å²) in [6.07, 6.45) is 2.89. The number of benzene rings is 1. The minimum atomic E-state index is -0.872. The Morgan fingerprint density at radius 2 is 2.30 bits per heavy atom. The Kier molecular flexibility index (Phi) is 5.07. The van der Waals surface area contributed by atoms with Crippen LogP contribution >= 0.6 is 11.8 Å². The number of amides is 1. The van der Waals surface area contributed by atoms with Gasteiger partial charge in [0.25, 0.3) is 0 Å². The molecule has 0 aliphatic carbocycles. The average Bonchev–Trinajstić information content (AvgIpc) is 2.44. The molecular weight excluding hydrogens is 272 g/mol. The Hall–Kier alpha value is -1.04. The number of carbonyl (C=O) groups excluding carboxylic acids is 1. The number of carbonyl (C=O) groups is 1. The molecule has 3 N–H and O–H groups in total. The molecule has 1 amide bonds. The van der Waals surface area contributed by atoms with Gasteiger partial charge in [0.05, 0.1) is 5.60 Å². The first-order valence-corrected chi connectivity index (χ1v) is 8.23. The van der Waals surface area contributed by atoms with Crippen molar-refractivity contribution in [2.75, 3.05) is 25.1 Å². The lowest BCUT2D eigenvalue weighted by molar-refractivity contribution is -0.124. The van der Waals surface area contributed by atoms with E-state index in [0.717, 1.165) is 18.5 Å². The number of rotatable bonds is 5. The second kappa shape index (κ2) is 6.61. The topological polar surface area (TPSA) is 61.4 Å². The molecule has 20 heavy (non-hydrogen) atoms. The van der Waals surface area contributed by atoms with Gasteiger partial charge in [-0.2, -0.15) is 11.8 Å². The summed E-state index contributed by atoms with van der Waals surface area (Å²) in [5.74, 6) is 0.528. The normalized spacial score (nSPS) is 20.9. The molecule has 2 rings (SSSR count). The fraction of sp³-hybridized carbons (Fsp3) is 0.533. The summed E-state index contributed by atoms with van der Waals surface area (Å²) in [7, 11) is 0. The molecule has 4 nitrogen and oxygen atoms in total. The summed E-state index contributed by atoms with van der Waals surface area (Å²) in [5.41, 5.74) is 1.39. The summed E-state index contributed by atoms with van der Waals surface area (Å²) in [6.45, 7) is 2.81. The number of aliphatic hydroxyl groups is 1. The second-order valence-electron chi connectivity index (χ2n) is 5.48. The van der Waals surface area contributed by atoms with Crippen molar-refractivity contribution in [1.82, 2.24) is 10.6 Å². The molecule has 110 valence electrons. The molecule has 0 bridgehead atoms. The largest absolute Gasteiger partial charge is 0.387 e. The van der Waals surface area contributed by atoms with Crippen molar-refractivity contribution in [1.29, 1.82) is 0 Å². The number of thioether (sulfide) groups is 1. The van der Waals surface area contributed by atoms with Crippen molar-refractivity contribution in [3.63, 3.8) is 0 Å².